The largest absolute Gasteiger partial charge is 0.462 e. The van der Waals surface area contributed by atoms with Crippen molar-refractivity contribution in [2.45, 2.75) is 18.6 Å². The summed E-state index contributed by atoms with van der Waals surface area (Å²) in [6.45, 7) is 2.04. The lowest BCUT2D eigenvalue weighted by atomic mass is 10.2. The maximum Gasteiger partial charge on any atom is 0.338 e. The summed E-state index contributed by atoms with van der Waals surface area (Å²) in [6.07, 6.45) is 0.0538. The standard InChI is InChI=1S/C21H20ClN3O4S/c1-3-29-20(28)13-8-10-14(11-9-13)23-21-25(2)18(26)12-17(30-21)19(27)24-16-7-5-4-6-15(16)22/h4-11,17H,3,12H2,1-2H3,(H,24,27)/t17-/m1/s1. The molecule has 2 amide bonds. The lowest BCUT2D eigenvalue weighted by molar-refractivity contribution is -0.128. The van der Waals surface area contributed by atoms with E-state index in [0.717, 1.165) is 0 Å². The van der Waals surface area contributed by atoms with E-state index in [2.05, 4.69) is 10.3 Å². The van der Waals surface area contributed by atoms with Crippen LogP contribution in [-0.2, 0) is 14.3 Å². The van der Waals surface area contributed by atoms with Gasteiger partial charge in [-0.15, -0.1) is 0 Å². The molecular weight excluding hydrogens is 426 g/mol. The molecule has 2 aromatic rings. The molecule has 9 heteroatoms. The summed E-state index contributed by atoms with van der Waals surface area (Å²) in [7, 11) is 1.61. The van der Waals surface area contributed by atoms with E-state index in [-0.39, 0.29) is 18.2 Å². The van der Waals surface area contributed by atoms with Gasteiger partial charge in [0.1, 0.15) is 5.25 Å². The van der Waals surface area contributed by atoms with Gasteiger partial charge in [-0.2, -0.15) is 0 Å². The van der Waals surface area contributed by atoms with Crippen molar-refractivity contribution < 1.29 is 19.1 Å². The van der Waals surface area contributed by atoms with Gasteiger partial charge in [-0.25, -0.2) is 9.79 Å². The van der Waals surface area contributed by atoms with Crippen molar-refractivity contribution in [3.8, 4) is 0 Å². The number of nitrogens with zero attached hydrogens (tertiary/aromatic N) is 2. The Bertz CT molecular complexity index is 994. The third-order valence-electron chi connectivity index (χ3n) is 4.30. The normalized spacial score (nSPS) is 17.7. The van der Waals surface area contributed by atoms with Crippen LogP contribution in [0.2, 0.25) is 5.02 Å². The number of nitrogens with one attached hydrogen (secondary N) is 1. The highest BCUT2D eigenvalue weighted by atomic mass is 35.5. The van der Waals surface area contributed by atoms with Crippen molar-refractivity contribution in [1.82, 2.24) is 4.90 Å². The van der Waals surface area contributed by atoms with Gasteiger partial charge in [0, 0.05) is 13.5 Å². The number of para-hydroxylation sites is 1. The zero-order valence-electron chi connectivity index (χ0n) is 16.4. The summed E-state index contributed by atoms with van der Waals surface area (Å²) < 4.78 is 4.96. The number of aliphatic imine (C=N–C) groups is 1. The zero-order valence-corrected chi connectivity index (χ0v) is 18.0. The highest BCUT2D eigenvalue weighted by Crippen LogP contribution is 2.30. The van der Waals surface area contributed by atoms with Crippen molar-refractivity contribution >= 4 is 57.7 Å². The zero-order chi connectivity index (χ0) is 21.7. The first-order valence-electron chi connectivity index (χ1n) is 9.23. The monoisotopic (exact) mass is 445 g/mol. The number of amidine groups is 1. The molecule has 0 bridgehead atoms. The molecule has 1 aliphatic heterocycles. The topological polar surface area (TPSA) is 88.1 Å². The Labute approximate surface area is 183 Å². The minimum absolute atomic E-state index is 0.0538. The molecule has 1 heterocycles. The van der Waals surface area contributed by atoms with Gasteiger partial charge in [-0.05, 0) is 43.3 Å². The van der Waals surface area contributed by atoms with E-state index in [0.29, 0.717) is 33.7 Å². The predicted molar refractivity (Wildman–Crippen MR) is 118 cm³/mol. The Morgan fingerprint density at radius 1 is 1.23 bits per heavy atom. The van der Waals surface area contributed by atoms with Crippen molar-refractivity contribution in [2.24, 2.45) is 4.99 Å². The van der Waals surface area contributed by atoms with Crippen molar-refractivity contribution in [1.29, 1.82) is 0 Å². The fourth-order valence-electron chi connectivity index (χ4n) is 2.67. The summed E-state index contributed by atoms with van der Waals surface area (Å²) in [5.74, 6) is -0.942. The molecule has 156 valence electrons. The van der Waals surface area contributed by atoms with E-state index in [4.69, 9.17) is 16.3 Å². The third kappa shape index (κ3) is 5.20. The van der Waals surface area contributed by atoms with Gasteiger partial charge < -0.3 is 10.1 Å². The quantitative estimate of drug-likeness (QED) is 0.700. The van der Waals surface area contributed by atoms with Crippen LogP contribution in [0.3, 0.4) is 0 Å². The van der Waals surface area contributed by atoms with E-state index in [1.807, 2.05) is 0 Å². The predicted octanol–water partition coefficient (Wildman–Crippen LogP) is 4.11. The summed E-state index contributed by atoms with van der Waals surface area (Å²) in [5, 5.41) is 2.95. The van der Waals surface area contributed by atoms with Gasteiger partial charge in [0.25, 0.3) is 0 Å². The maximum atomic E-state index is 12.7. The van der Waals surface area contributed by atoms with Crippen LogP contribution in [0.5, 0.6) is 0 Å². The minimum atomic E-state index is -0.637. The van der Waals surface area contributed by atoms with Crippen LogP contribution in [0.15, 0.2) is 53.5 Å². The van der Waals surface area contributed by atoms with Crippen LogP contribution >= 0.6 is 23.4 Å². The van der Waals surface area contributed by atoms with Gasteiger partial charge in [-0.1, -0.05) is 35.5 Å². The lowest BCUT2D eigenvalue weighted by Crippen LogP contribution is -2.43. The number of thioether (sulfide) groups is 1. The van der Waals surface area contributed by atoms with E-state index in [1.54, 1.807) is 62.5 Å². The molecule has 0 radical (unpaired) electrons. The number of anilines is 1. The fraction of sp³-hybridized carbons (Fsp3) is 0.238. The summed E-state index contributed by atoms with van der Waals surface area (Å²) >= 11 is 7.29. The number of halogens is 1. The lowest BCUT2D eigenvalue weighted by Gasteiger charge is -2.28. The number of carbonyl (C=O) groups is 3. The van der Waals surface area contributed by atoms with Gasteiger partial charge in [0.15, 0.2) is 5.17 Å². The number of hydrogen-bond acceptors (Lipinski definition) is 6. The van der Waals surface area contributed by atoms with Crippen LogP contribution < -0.4 is 5.32 Å². The Balaban J connectivity index is 1.76. The molecular formula is C21H20ClN3O4S. The SMILES string of the molecule is CCOC(=O)c1ccc(N=C2S[C@@H](C(=O)Nc3ccccc3Cl)CC(=O)N2C)cc1. The first-order valence-corrected chi connectivity index (χ1v) is 10.5. The molecule has 0 saturated carbocycles. The molecule has 1 fully saturated rings. The molecule has 1 aliphatic rings. The van der Waals surface area contributed by atoms with Crippen molar-refractivity contribution in [3.63, 3.8) is 0 Å². The molecule has 0 unspecified atom stereocenters. The van der Waals surface area contributed by atoms with Crippen LogP contribution in [0.25, 0.3) is 0 Å². The first kappa shape index (κ1) is 21.9. The number of benzene rings is 2. The molecule has 2 aromatic carbocycles. The van der Waals surface area contributed by atoms with Gasteiger partial charge in [-0.3, -0.25) is 14.5 Å². The highest BCUT2D eigenvalue weighted by Gasteiger charge is 2.34. The van der Waals surface area contributed by atoms with Gasteiger partial charge in [0.2, 0.25) is 11.8 Å². The minimum Gasteiger partial charge on any atom is -0.462 e. The molecule has 0 spiro atoms. The van der Waals surface area contributed by atoms with E-state index in [1.165, 1.54) is 16.7 Å². The summed E-state index contributed by atoms with van der Waals surface area (Å²) in [5.41, 5.74) is 1.46. The van der Waals surface area contributed by atoms with E-state index < -0.39 is 11.2 Å². The number of carbonyl (C=O) groups excluding carboxylic acids is 3. The second-order valence-electron chi connectivity index (χ2n) is 6.39. The molecule has 0 aliphatic carbocycles. The Morgan fingerprint density at radius 3 is 2.60 bits per heavy atom. The molecule has 30 heavy (non-hydrogen) atoms. The smallest absolute Gasteiger partial charge is 0.338 e. The Hall–Kier alpha value is -2.84. The van der Waals surface area contributed by atoms with Gasteiger partial charge in [0.05, 0.1) is 28.6 Å². The number of esters is 1. The summed E-state index contributed by atoms with van der Waals surface area (Å²) in [4.78, 5) is 42.8. The van der Waals surface area contributed by atoms with Crippen LogP contribution in [-0.4, -0.2) is 46.8 Å². The third-order valence-corrected chi connectivity index (χ3v) is 5.87. The second-order valence-corrected chi connectivity index (χ2v) is 7.97. The van der Waals surface area contributed by atoms with Crippen LogP contribution in [0.4, 0.5) is 11.4 Å². The highest BCUT2D eigenvalue weighted by molar-refractivity contribution is 8.15. The van der Waals surface area contributed by atoms with Gasteiger partial charge >= 0.3 is 5.97 Å². The molecule has 7 nitrogen and oxygen atoms in total. The number of ether oxygens (including phenoxy) is 1. The summed E-state index contributed by atoms with van der Waals surface area (Å²) in [6, 6.07) is 13.4. The Kier molecular flexibility index (Phi) is 7.12. The average Bonchev–Trinajstić information content (AvgIpc) is 2.73. The second kappa shape index (κ2) is 9.77. The molecule has 1 saturated heterocycles. The Morgan fingerprint density at radius 2 is 1.93 bits per heavy atom. The van der Waals surface area contributed by atoms with E-state index in [9.17, 15) is 14.4 Å². The number of amides is 2. The van der Waals surface area contributed by atoms with Crippen LogP contribution in [0.1, 0.15) is 23.7 Å². The maximum absolute atomic E-state index is 12.7. The molecule has 3 rings (SSSR count). The molecule has 1 N–H and O–H groups in total. The molecule has 0 aromatic heterocycles. The van der Waals surface area contributed by atoms with E-state index >= 15 is 0 Å². The first-order chi connectivity index (χ1) is 14.4. The fourth-order valence-corrected chi connectivity index (χ4v) is 3.92. The average molecular weight is 446 g/mol. The number of rotatable bonds is 5. The van der Waals surface area contributed by atoms with Crippen molar-refractivity contribution in [3.05, 3.63) is 59.1 Å². The molecule has 1 atom stereocenters. The number of hydrogen-bond donors (Lipinski definition) is 1. The van der Waals surface area contributed by atoms with Crippen LogP contribution in [0, 0.1) is 0 Å². The van der Waals surface area contributed by atoms with Crippen molar-refractivity contribution in [2.75, 3.05) is 19.0 Å².